The van der Waals surface area contributed by atoms with E-state index >= 15 is 0 Å². The first-order valence-electron chi connectivity index (χ1n) is 24.2. The number of hydrogen-bond donors (Lipinski definition) is 0. The summed E-state index contributed by atoms with van der Waals surface area (Å²) >= 11 is 0. The second-order valence-electron chi connectivity index (χ2n) is 22.2. The van der Waals surface area contributed by atoms with Crippen molar-refractivity contribution >= 4 is 41.4 Å². The highest BCUT2D eigenvalue weighted by Crippen LogP contribution is 2.45. The van der Waals surface area contributed by atoms with Gasteiger partial charge in [0.05, 0.1) is 10.5 Å². The molecule has 376 valence electrons. The Morgan fingerprint density at radius 3 is 1.19 bits per heavy atom. The van der Waals surface area contributed by atoms with Crippen LogP contribution in [0.5, 0.6) is 17.2 Å². The van der Waals surface area contributed by atoms with E-state index in [1.807, 2.05) is 34.6 Å². The molecular weight excluding hydrogens is 914 g/mol. The molecule has 0 fully saturated rings. The predicted octanol–water partition coefficient (Wildman–Crippen LogP) is 14.8. The van der Waals surface area contributed by atoms with Crippen LogP contribution in [-0.2, 0) is 22.4 Å². The van der Waals surface area contributed by atoms with Gasteiger partial charge in [-0.15, -0.1) is 0 Å². The SMILES string of the molecule is Cc1cc2c(c(C(C)(C)C)c1)OC/[N+]2=C/c1ccc(C(F)(F)F)cc1.Cc1cc2c(c(C(C)(C)C)c1)OC/[N+]2=C/c1ccc([N+](=O)[O-])cc1.Cc1ccc(C)c(/C=[N+]2/COc3c2cc(C)cc3C(C)(C)C)c1. The molecule has 6 aromatic carbocycles. The molecule has 72 heavy (non-hydrogen) atoms. The molecule has 3 aliphatic heterocycles. The molecule has 0 saturated heterocycles. The molecule has 0 spiro atoms. The number of benzene rings is 6. The summed E-state index contributed by atoms with van der Waals surface area (Å²) in [5.41, 5.74) is 15.2. The summed E-state index contributed by atoms with van der Waals surface area (Å²) < 4.78 is 62.1. The maximum atomic E-state index is 12.7. The first-order chi connectivity index (χ1) is 33.6. The highest BCUT2D eigenvalue weighted by molar-refractivity contribution is 5.80. The fourth-order valence-electron chi connectivity index (χ4n) is 8.83. The number of nitro groups is 1. The Morgan fingerprint density at radius 1 is 0.486 bits per heavy atom. The third-order valence-electron chi connectivity index (χ3n) is 12.7. The van der Waals surface area contributed by atoms with Crippen molar-refractivity contribution in [1.82, 2.24) is 0 Å². The number of hydrogen-bond acceptors (Lipinski definition) is 5. The molecule has 0 unspecified atom stereocenters. The van der Waals surface area contributed by atoms with Crippen LogP contribution in [0.15, 0.2) is 103 Å². The minimum Gasteiger partial charge on any atom is -0.429 e. The Morgan fingerprint density at radius 2 is 0.847 bits per heavy atom. The molecular formula is C60H68F3N4O5+3. The Labute approximate surface area is 422 Å². The van der Waals surface area contributed by atoms with Gasteiger partial charge in [0.1, 0.15) is 0 Å². The number of rotatable bonds is 4. The van der Waals surface area contributed by atoms with E-state index in [9.17, 15) is 23.3 Å². The third-order valence-corrected chi connectivity index (χ3v) is 12.7. The number of fused-ring (bicyclic) bond motifs is 3. The molecule has 0 aliphatic carbocycles. The summed E-state index contributed by atoms with van der Waals surface area (Å²) in [5, 5.41) is 10.8. The fourth-order valence-corrected chi connectivity index (χ4v) is 8.83. The van der Waals surface area contributed by atoms with Gasteiger partial charge >= 0.3 is 6.18 Å². The molecule has 3 aliphatic rings. The summed E-state index contributed by atoms with van der Waals surface area (Å²) in [6.45, 7) is 31.6. The van der Waals surface area contributed by atoms with Crippen molar-refractivity contribution in [3.05, 3.63) is 180 Å². The molecule has 0 atom stereocenters. The van der Waals surface area contributed by atoms with Crippen LogP contribution < -0.4 is 14.2 Å². The predicted molar refractivity (Wildman–Crippen MR) is 282 cm³/mol. The van der Waals surface area contributed by atoms with E-state index in [0.717, 1.165) is 57.4 Å². The van der Waals surface area contributed by atoms with Crippen molar-refractivity contribution in [3.8, 4) is 17.2 Å². The van der Waals surface area contributed by atoms with Gasteiger partial charge < -0.3 is 14.2 Å². The van der Waals surface area contributed by atoms with Crippen molar-refractivity contribution < 1.29 is 46.0 Å². The van der Waals surface area contributed by atoms with Crippen molar-refractivity contribution in [3.63, 3.8) is 0 Å². The smallest absolute Gasteiger partial charge is 0.416 e. The number of aryl methyl sites for hydroxylation is 5. The first-order valence-corrected chi connectivity index (χ1v) is 24.2. The van der Waals surface area contributed by atoms with E-state index in [1.54, 1.807) is 12.1 Å². The number of alkyl halides is 3. The maximum Gasteiger partial charge on any atom is 0.416 e. The van der Waals surface area contributed by atoms with Gasteiger partial charge in [0.15, 0.2) is 18.6 Å². The van der Waals surface area contributed by atoms with Gasteiger partial charge in [0.25, 0.3) is 42.9 Å². The van der Waals surface area contributed by atoms with Crippen LogP contribution >= 0.6 is 0 Å². The number of ether oxygens (including phenoxy) is 3. The first kappa shape index (κ1) is 52.7. The molecule has 12 heteroatoms. The van der Waals surface area contributed by atoms with E-state index in [-0.39, 0.29) is 21.9 Å². The fraction of sp³-hybridized carbons (Fsp3) is 0.350. The molecule has 0 N–H and O–H groups in total. The molecule has 9 rings (SSSR count). The van der Waals surface area contributed by atoms with Crippen LogP contribution in [0.4, 0.5) is 35.9 Å². The second-order valence-corrected chi connectivity index (χ2v) is 22.2. The molecule has 0 saturated carbocycles. The Hall–Kier alpha value is -7.08. The lowest BCUT2D eigenvalue weighted by Crippen LogP contribution is -2.12. The zero-order valence-corrected chi connectivity index (χ0v) is 44.1. The van der Waals surface area contributed by atoms with Gasteiger partial charge in [0.2, 0.25) is 17.2 Å². The van der Waals surface area contributed by atoms with Crippen molar-refractivity contribution in [1.29, 1.82) is 0 Å². The summed E-state index contributed by atoms with van der Waals surface area (Å²) in [4.78, 5) is 10.4. The van der Waals surface area contributed by atoms with E-state index in [4.69, 9.17) is 14.2 Å². The maximum absolute atomic E-state index is 12.7. The second kappa shape index (κ2) is 20.2. The summed E-state index contributed by atoms with van der Waals surface area (Å²) in [6.07, 6.45) is 1.67. The van der Waals surface area contributed by atoms with Crippen molar-refractivity contribution in [2.75, 3.05) is 20.2 Å². The van der Waals surface area contributed by atoms with Gasteiger partial charge in [0, 0.05) is 63.7 Å². The van der Waals surface area contributed by atoms with Gasteiger partial charge in [-0.1, -0.05) is 98.2 Å². The van der Waals surface area contributed by atoms with Crippen LogP contribution in [0.3, 0.4) is 0 Å². The van der Waals surface area contributed by atoms with Gasteiger partial charge in [-0.25, -0.2) is 0 Å². The summed E-state index contributed by atoms with van der Waals surface area (Å²) in [6, 6.07) is 31.1. The van der Waals surface area contributed by atoms with Crippen LogP contribution in [0.2, 0.25) is 0 Å². The number of nitro benzene ring substituents is 1. The van der Waals surface area contributed by atoms with Gasteiger partial charge in [-0.3, -0.25) is 10.1 Å². The Kier molecular flexibility index (Phi) is 14.8. The normalized spacial score (nSPS) is 15.7. The highest BCUT2D eigenvalue weighted by Gasteiger charge is 2.36. The number of nitrogens with zero attached hydrogens (tertiary/aromatic N) is 4. The number of halogens is 3. The van der Waals surface area contributed by atoms with E-state index in [0.29, 0.717) is 25.8 Å². The lowest BCUT2D eigenvalue weighted by Gasteiger charge is -2.20. The standard InChI is InChI=1S/C21H26NO.C20H21F3NO.C19H21N2O3/c1-14-7-8-16(3)17(9-14)12-22-13-23-20-18(21(4,5)6)10-15(2)11-19(20)22;1-13-9-16(19(2,3)4)18-17(10-13)24(12-25-18)11-14-5-7-15(8-6-14)20(21,22)23;1-13-9-16(19(2,3)4)18-17(10-13)20(12-24-18)11-14-5-7-15(8-6-14)21(22)23/h7-12H,13H2,1-6H3;5-11H,12H2,1-4H3;5-11H,12H2,1-4H3/q3*+1/b22-12-;24-11-;20-11-. The van der Waals surface area contributed by atoms with Crippen LogP contribution in [0, 0.1) is 44.7 Å². The zero-order valence-electron chi connectivity index (χ0n) is 44.1. The van der Waals surface area contributed by atoms with Crippen LogP contribution in [0.1, 0.15) is 129 Å². The average Bonchev–Trinajstić information content (AvgIpc) is 4.00. The minimum absolute atomic E-state index is 0.000524. The highest BCUT2D eigenvalue weighted by atomic mass is 19.4. The molecule has 0 aromatic heterocycles. The van der Waals surface area contributed by atoms with E-state index in [2.05, 4.69) is 149 Å². The molecule has 6 aromatic rings. The Balaban J connectivity index is 0.000000159. The molecule has 0 radical (unpaired) electrons. The number of non-ortho nitro benzene ring substituents is 1. The van der Waals surface area contributed by atoms with Crippen LogP contribution in [-0.4, -0.2) is 57.5 Å². The van der Waals surface area contributed by atoms with E-state index in [1.165, 1.54) is 68.9 Å². The van der Waals surface area contributed by atoms with E-state index < -0.39 is 16.7 Å². The van der Waals surface area contributed by atoms with Crippen molar-refractivity contribution in [2.45, 2.75) is 119 Å². The monoisotopic (exact) mass is 982 g/mol. The lowest BCUT2D eigenvalue weighted by molar-refractivity contribution is -0.453. The molecule has 3 heterocycles. The molecule has 0 bridgehead atoms. The molecule has 0 amide bonds. The van der Waals surface area contributed by atoms with Gasteiger partial charge in [-0.05, 0) is 116 Å². The summed E-state index contributed by atoms with van der Waals surface area (Å²) in [7, 11) is 0. The Bertz CT molecular complexity index is 3130. The van der Waals surface area contributed by atoms with Crippen molar-refractivity contribution in [2.24, 2.45) is 0 Å². The average molecular weight is 982 g/mol. The van der Waals surface area contributed by atoms with Gasteiger partial charge in [-0.2, -0.15) is 26.9 Å². The summed E-state index contributed by atoms with van der Waals surface area (Å²) in [5.74, 6) is 2.80. The topological polar surface area (TPSA) is 79.9 Å². The lowest BCUT2D eigenvalue weighted by atomic mass is 9.85. The quantitative estimate of drug-likeness (QED) is 0.0999. The molecule has 9 nitrogen and oxygen atoms in total. The zero-order chi connectivity index (χ0) is 52.7. The van der Waals surface area contributed by atoms with Crippen LogP contribution in [0.25, 0.3) is 0 Å². The largest absolute Gasteiger partial charge is 0.429 e. The third kappa shape index (κ3) is 12.1. The minimum atomic E-state index is -4.32.